The van der Waals surface area contributed by atoms with Gasteiger partial charge in [0, 0.05) is 0 Å². The predicted molar refractivity (Wildman–Crippen MR) is 91.5 cm³/mol. The Morgan fingerprint density at radius 3 is 2.68 bits per heavy atom. The van der Waals surface area contributed by atoms with Gasteiger partial charge in [0.1, 0.15) is 11.9 Å². The number of carbonyl (C=O) groups is 1. The Kier molecular flexibility index (Phi) is 7.17. The van der Waals surface area contributed by atoms with Gasteiger partial charge in [-0.25, -0.2) is 0 Å². The van der Waals surface area contributed by atoms with E-state index in [2.05, 4.69) is 12.2 Å². The molecular weight excluding hydrogens is 300 g/mol. The van der Waals surface area contributed by atoms with Crippen molar-refractivity contribution in [3.63, 3.8) is 0 Å². The SMILES string of the molecule is CCC(CNC(=O)C1(N)CCCC1)Oc1cccc(C)c1.Cl. The second kappa shape index (κ2) is 8.39. The minimum Gasteiger partial charge on any atom is -0.489 e. The van der Waals surface area contributed by atoms with Crippen LogP contribution in [0.5, 0.6) is 5.75 Å². The lowest BCUT2D eigenvalue weighted by molar-refractivity contribution is -0.126. The van der Waals surface area contributed by atoms with Crippen LogP contribution >= 0.6 is 12.4 Å². The summed E-state index contributed by atoms with van der Waals surface area (Å²) < 4.78 is 5.93. The lowest BCUT2D eigenvalue weighted by Gasteiger charge is -2.24. The van der Waals surface area contributed by atoms with Crippen molar-refractivity contribution in [2.45, 2.75) is 57.6 Å². The first-order valence-electron chi connectivity index (χ1n) is 7.84. The summed E-state index contributed by atoms with van der Waals surface area (Å²) in [4.78, 5) is 12.2. The summed E-state index contributed by atoms with van der Waals surface area (Å²) in [6, 6.07) is 7.96. The molecule has 1 fully saturated rings. The Morgan fingerprint density at radius 1 is 1.41 bits per heavy atom. The third-order valence-corrected chi connectivity index (χ3v) is 4.19. The zero-order valence-corrected chi connectivity index (χ0v) is 14.2. The fraction of sp³-hybridized carbons (Fsp3) is 0.588. The van der Waals surface area contributed by atoms with Gasteiger partial charge in [-0.05, 0) is 43.9 Å². The predicted octanol–water partition coefficient (Wildman–Crippen LogP) is 2.96. The molecule has 0 spiro atoms. The van der Waals surface area contributed by atoms with E-state index in [1.54, 1.807) is 0 Å². The second-order valence-corrected chi connectivity index (χ2v) is 6.04. The zero-order chi connectivity index (χ0) is 15.3. The number of rotatable bonds is 6. The van der Waals surface area contributed by atoms with E-state index in [-0.39, 0.29) is 24.4 Å². The molecule has 2 rings (SSSR count). The van der Waals surface area contributed by atoms with Crippen LogP contribution < -0.4 is 15.8 Å². The fourth-order valence-corrected chi connectivity index (χ4v) is 2.77. The van der Waals surface area contributed by atoms with Crippen molar-refractivity contribution in [2.75, 3.05) is 6.54 Å². The van der Waals surface area contributed by atoms with E-state index in [4.69, 9.17) is 10.5 Å². The van der Waals surface area contributed by atoms with Crippen LogP contribution in [-0.4, -0.2) is 24.1 Å². The van der Waals surface area contributed by atoms with Crippen LogP contribution in [0, 0.1) is 6.92 Å². The summed E-state index contributed by atoms with van der Waals surface area (Å²) in [6.07, 6.45) is 4.47. The van der Waals surface area contributed by atoms with Gasteiger partial charge in [0.05, 0.1) is 12.1 Å². The van der Waals surface area contributed by atoms with Gasteiger partial charge in [-0.1, -0.05) is 31.9 Å². The number of carbonyl (C=O) groups excluding carboxylic acids is 1. The van der Waals surface area contributed by atoms with E-state index < -0.39 is 5.54 Å². The number of aryl methyl sites for hydroxylation is 1. The topological polar surface area (TPSA) is 64.4 Å². The number of hydrogen-bond acceptors (Lipinski definition) is 3. The van der Waals surface area contributed by atoms with Gasteiger partial charge >= 0.3 is 0 Å². The monoisotopic (exact) mass is 326 g/mol. The first-order valence-corrected chi connectivity index (χ1v) is 7.84. The molecule has 22 heavy (non-hydrogen) atoms. The Bertz CT molecular complexity index is 487. The Labute approximate surface area is 139 Å². The van der Waals surface area contributed by atoms with Crippen LogP contribution in [-0.2, 0) is 4.79 Å². The Hall–Kier alpha value is -1.26. The molecule has 124 valence electrons. The maximum atomic E-state index is 12.2. The maximum Gasteiger partial charge on any atom is 0.240 e. The van der Waals surface area contributed by atoms with Gasteiger partial charge in [-0.2, -0.15) is 0 Å². The minimum absolute atomic E-state index is 0. The molecule has 0 heterocycles. The molecule has 0 saturated heterocycles. The number of nitrogens with two attached hydrogens (primary N) is 1. The number of ether oxygens (including phenoxy) is 1. The van der Waals surface area contributed by atoms with Gasteiger partial charge in [-0.3, -0.25) is 4.79 Å². The average molecular weight is 327 g/mol. The lowest BCUT2D eigenvalue weighted by Crippen LogP contribution is -2.53. The van der Waals surface area contributed by atoms with E-state index in [0.29, 0.717) is 6.54 Å². The van der Waals surface area contributed by atoms with E-state index in [1.165, 1.54) is 5.56 Å². The summed E-state index contributed by atoms with van der Waals surface area (Å²) >= 11 is 0. The molecule has 1 atom stereocenters. The number of hydrogen-bond donors (Lipinski definition) is 2. The average Bonchev–Trinajstić information content (AvgIpc) is 2.91. The van der Waals surface area contributed by atoms with Crippen LogP contribution in [0.1, 0.15) is 44.6 Å². The molecule has 1 aromatic carbocycles. The molecule has 1 saturated carbocycles. The molecule has 1 unspecified atom stereocenters. The van der Waals surface area contributed by atoms with Gasteiger partial charge in [0.2, 0.25) is 5.91 Å². The summed E-state index contributed by atoms with van der Waals surface area (Å²) in [7, 11) is 0. The molecule has 4 nitrogen and oxygen atoms in total. The van der Waals surface area contributed by atoms with Gasteiger partial charge in [-0.15, -0.1) is 12.4 Å². The van der Waals surface area contributed by atoms with E-state index in [1.807, 2.05) is 31.2 Å². The van der Waals surface area contributed by atoms with Crippen molar-refractivity contribution in [1.29, 1.82) is 0 Å². The zero-order valence-electron chi connectivity index (χ0n) is 13.4. The third-order valence-electron chi connectivity index (χ3n) is 4.19. The Balaban J connectivity index is 0.00000242. The molecule has 0 aliphatic heterocycles. The normalized spacial score (nSPS) is 17.4. The highest BCUT2D eigenvalue weighted by molar-refractivity contribution is 5.86. The number of benzene rings is 1. The third kappa shape index (κ3) is 4.89. The standard InChI is InChI=1S/C17H26N2O2.ClH/c1-3-14(21-15-8-6-7-13(2)11-15)12-19-16(20)17(18)9-4-5-10-17;/h6-8,11,14H,3-5,9-10,12,18H2,1-2H3,(H,19,20);1H. The Morgan fingerprint density at radius 2 is 2.09 bits per heavy atom. The van der Waals surface area contributed by atoms with Crippen molar-refractivity contribution in [3.05, 3.63) is 29.8 Å². The first kappa shape index (κ1) is 18.8. The minimum atomic E-state index is -0.665. The van der Waals surface area contributed by atoms with Gasteiger partial charge in [0.15, 0.2) is 0 Å². The summed E-state index contributed by atoms with van der Waals surface area (Å²) in [5, 5.41) is 2.96. The van der Waals surface area contributed by atoms with Crippen LogP contribution in [0.3, 0.4) is 0 Å². The van der Waals surface area contributed by atoms with Crippen molar-refractivity contribution >= 4 is 18.3 Å². The highest BCUT2D eigenvalue weighted by Crippen LogP contribution is 2.27. The molecule has 0 bridgehead atoms. The second-order valence-electron chi connectivity index (χ2n) is 6.04. The molecule has 1 amide bonds. The molecule has 5 heteroatoms. The summed E-state index contributed by atoms with van der Waals surface area (Å²) in [5.74, 6) is 0.811. The highest BCUT2D eigenvalue weighted by Gasteiger charge is 2.36. The first-order chi connectivity index (χ1) is 10.0. The van der Waals surface area contributed by atoms with Crippen LogP contribution in [0.15, 0.2) is 24.3 Å². The largest absolute Gasteiger partial charge is 0.489 e. The molecule has 1 aliphatic rings. The molecule has 3 N–H and O–H groups in total. The molecule has 1 aliphatic carbocycles. The van der Waals surface area contributed by atoms with E-state index >= 15 is 0 Å². The highest BCUT2D eigenvalue weighted by atomic mass is 35.5. The fourth-order valence-electron chi connectivity index (χ4n) is 2.77. The molecule has 1 aromatic rings. The smallest absolute Gasteiger partial charge is 0.240 e. The van der Waals surface area contributed by atoms with Crippen molar-refractivity contribution < 1.29 is 9.53 Å². The van der Waals surface area contributed by atoms with Crippen molar-refractivity contribution in [3.8, 4) is 5.75 Å². The number of halogens is 1. The number of nitrogens with one attached hydrogen (secondary N) is 1. The van der Waals surface area contributed by atoms with Gasteiger partial charge < -0.3 is 15.8 Å². The van der Waals surface area contributed by atoms with Crippen molar-refractivity contribution in [1.82, 2.24) is 5.32 Å². The van der Waals surface area contributed by atoms with Crippen LogP contribution in [0.4, 0.5) is 0 Å². The van der Waals surface area contributed by atoms with Crippen LogP contribution in [0.25, 0.3) is 0 Å². The quantitative estimate of drug-likeness (QED) is 0.844. The van der Waals surface area contributed by atoms with Crippen molar-refractivity contribution in [2.24, 2.45) is 5.73 Å². The maximum absolute atomic E-state index is 12.2. The summed E-state index contributed by atoms with van der Waals surface area (Å²) in [6.45, 7) is 4.59. The van der Waals surface area contributed by atoms with Gasteiger partial charge in [0.25, 0.3) is 0 Å². The summed E-state index contributed by atoms with van der Waals surface area (Å²) in [5.41, 5.74) is 6.65. The number of amides is 1. The molecular formula is C17H27ClN2O2. The van der Waals surface area contributed by atoms with E-state index in [9.17, 15) is 4.79 Å². The molecule has 0 aromatic heterocycles. The lowest BCUT2D eigenvalue weighted by atomic mass is 9.98. The van der Waals surface area contributed by atoms with Crippen LogP contribution in [0.2, 0.25) is 0 Å². The van der Waals surface area contributed by atoms with E-state index in [0.717, 1.165) is 37.9 Å². The molecule has 0 radical (unpaired) electrons.